The van der Waals surface area contributed by atoms with E-state index in [0.717, 1.165) is 0 Å². The number of fused-ring (bicyclic) bond motifs is 2. The molecule has 36 heavy (non-hydrogen) atoms. The van der Waals surface area contributed by atoms with E-state index in [1.54, 1.807) is 0 Å². The maximum absolute atomic E-state index is 2.40. The molecule has 0 N–H and O–H groups in total. The summed E-state index contributed by atoms with van der Waals surface area (Å²) in [5, 5.41) is 9.86. The molecule has 0 radical (unpaired) electrons. The van der Waals surface area contributed by atoms with E-state index in [2.05, 4.69) is 85.3 Å². The van der Waals surface area contributed by atoms with E-state index in [0.29, 0.717) is 0 Å². The van der Waals surface area contributed by atoms with Crippen LogP contribution in [0.1, 0.15) is 76.3 Å². The summed E-state index contributed by atoms with van der Waals surface area (Å²) in [5.74, 6) is 0. The van der Waals surface area contributed by atoms with Crippen LogP contribution in [0.3, 0.4) is 0 Å². The average Bonchev–Trinajstić information content (AvgIpc) is 3.57. The van der Waals surface area contributed by atoms with Crippen molar-refractivity contribution in [2.45, 2.75) is 78.1 Å². The number of aryl methyl sites for hydroxylation is 2. The van der Waals surface area contributed by atoms with Crippen LogP contribution < -0.4 is 0 Å². The highest BCUT2D eigenvalue weighted by atomic mass is 32.1. The molecule has 0 bridgehead atoms. The minimum absolute atomic E-state index is 1.20. The van der Waals surface area contributed by atoms with Gasteiger partial charge in [0.05, 0.1) is 0 Å². The molecule has 2 heterocycles. The van der Waals surface area contributed by atoms with Gasteiger partial charge in [-0.15, -0.1) is 22.7 Å². The first-order chi connectivity index (χ1) is 17.8. The summed E-state index contributed by atoms with van der Waals surface area (Å²) in [6, 6.07) is 23.5. The molecule has 0 atom stereocenters. The van der Waals surface area contributed by atoms with Gasteiger partial charge in [0.1, 0.15) is 0 Å². The minimum atomic E-state index is 1.20. The molecule has 5 rings (SSSR count). The Morgan fingerprint density at radius 1 is 0.472 bits per heavy atom. The summed E-state index contributed by atoms with van der Waals surface area (Å²) in [4.78, 5) is 2.90. The third kappa shape index (κ3) is 5.76. The second-order valence-corrected chi connectivity index (χ2v) is 12.0. The lowest BCUT2D eigenvalue weighted by atomic mass is 9.97. The Hall–Kier alpha value is -2.42. The molecule has 0 unspecified atom stereocenters. The van der Waals surface area contributed by atoms with Gasteiger partial charge in [0.15, 0.2) is 0 Å². The van der Waals surface area contributed by atoms with Crippen molar-refractivity contribution in [2.24, 2.45) is 0 Å². The summed E-state index contributed by atoms with van der Waals surface area (Å²) in [6.07, 6.45) is 12.9. The van der Waals surface area contributed by atoms with Crippen LogP contribution >= 0.6 is 22.7 Å². The maximum Gasteiger partial charge on any atom is 0.0374 e. The van der Waals surface area contributed by atoms with E-state index >= 15 is 0 Å². The van der Waals surface area contributed by atoms with E-state index in [-0.39, 0.29) is 0 Å². The zero-order chi connectivity index (χ0) is 24.7. The van der Waals surface area contributed by atoms with Gasteiger partial charge in [-0.1, -0.05) is 76.6 Å². The fraction of sp³-hybridized carbons (Fsp3) is 0.353. The highest BCUT2D eigenvalue weighted by Crippen LogP contribution is 2.36. The van der Waals surface area contributed by atoms with E-state index in [1.165, 1.54) is 118 Å². The van der Waals surface area contributed by atoms with Gasteiger partial charge in [0.25, 0.3) is 0 Å². The molecular formula is C34H38S2. The highest BCUT2D eigenvalue weighted by Gasteiger charge is 2.11. The summed E-state index contributed by atoms with van der Waals surface area (Å²) in [7, 11) is 0. The van der Waals surface area contributed by atoms with Gasteiger partial charge in [-0.25, -0.2) is 0 Å². The van der Waals surface area contributed by atoms with Gasteiger partial charge in [0, 0.05) is 9.75 Å². The minimum Gasteiger partial charge on any atom is -0.144 e. The van der Waals surface area contributed by atoms with Crippen LogP contribution in [-0.2, 0) is 12.8 Å². The van der Waals surface area contributed by atoms with Crippen molar-refractivity contribution in [2.75, 3.05) is 0 Å². The second-order valence-electron chi connectivity index (χ2n) is 10.1. The number of thiophene rings is 2. The summed E-state index contributed by atoms with van der Waals surface area (Å²) < 4.78 is 0. The van der Waals surface area contributed by atoms with E-state index < -0.39 is 0 Å². The molecule has 0 fully saturated rings. The Bertz CT molecular complexity index is 1310. The fourth-order valence-electron chi connectivity index (χ4n) is 5.34. The first kappa shape index (κ1) is 25.2. The van der Waals surface area contributed by atoms with Crippen LogP contribution in [0.4, 0.5) is 0 Å². The molecule has 0 amide bonds. The summed E-state index contributed by atoms with van der Waals surface area (Å²) in [6.45, 7) is 4.56. The van der Waals surface area contributed by atoms with Crippen molar-refractivity contribution in [1.82, 2.24) is 0 Å². The number of rotatable bonds is 12. The standard InChI is InChI=1S/C34H38S2/c1-3-5-7-9-11-25-17-19-35-33(25)29-15-13-27-22-32-24-30(16-14-28(32)21-31(27)23-29)34-26(18-20-36-34)12-10-8-6-4-2/h13-24H,3-12H2,1-2H3. The molecule has 0 nitrogen and oxygen atoms in total. The molecule has 5 aromatic rings. The van der Waals surface area contributed by atoms with Crippen molar-refractivity contribution < 1.29 is 0 Å². The smallest absolute Gasteiger partial charge is 0.0374 e. The summed E-state index contributed by atoms with van der Waals surface area (Å²) in [5.41, 5.74) is 5.76. The third-order valence-corrected chi connectivity index (χ3v) is 9.42. The van der Waals surface area contributed by atoms with Gasteiger partial charge in [-0.2, -0.15) is 0 Å². The molecule has 186 valence electrons. The predicted octanol–water partition coefficient (Wildman–Crippen LogP) is 11.7. The second kappa shape index (κ2) is 12.2. The van der Waals surface area contributed by atoms with Crippen molar-refractivity contribution in [1.29, 1.82) is 0 Å². The number of benzene rings is 3. The Balaban J connectivity index is 1.40. The van der Waals surface area contributed by atoms with Crippen LogP contribution in [0.5, 0.6) is 0 Å². The summed E-state index contributed by atoms with van der Waals surface area (Å²) >= 11 is 3.78. The maximum atomic E-state index is 2.40. The van der Waals surface area contributed by atoms with E-state index in [4.69, 9.17) is 0 Å². The van der Waals surface area contributed by atoms with Gasteiger partial charge < -0.3 is 0 Å². The molecule has 3 aromatic carbocycles. The van der Waals surface area contributed by atoms with Crippen LogP contribution in [0.15, 0.2) is 71.4 Å². The van der Waals surface area contributed by atoms with Crippen LogP contribution in [0, 0.1) is 0 Å². The Kier molecular flexibility index (Phi) is 8.56. The fourth-order valence-corrected chi connectivity index (χ4v) is 7.24. The zero-order valence-electron chi connectivity index (χ0n) is 21.8. The van der Waals surface area contributed by atoms with Crippen molar-refractivity contribution >= 4 is 44.2 Å². The highest BCUT2D eigenvalue weighted by molar-refractivity contribution is 7.14. The Labute approximate surface area is 225 Å². The van der Waals surface area contributed by atoms with Crippen molar-refractivity contribution in [3.63, 3.8) is 0 Å². The zero-order valence-corrected chi connectivity index (χ0v) is 23.4. The quantitative estimate of drug-likeness (QED) is 0.116. The predicted molar refractivity (Wildman–Crippen MR) is 164 cm³/mol. The lowest BCUT2D eigenvalue weighted by molar-refractivity contribution is 0.668. The molecule has 0 aliphatic carbocycles. The van der Waals surface area contributed by atoms with E-state index in [9.17, 15) is 0 Å². The third-order valence-electron chi connectivity index (χ3n) is 7.41. The molecule has 2 aromatic heterocycles. The van der Waals surface area contributed by atoms with Crippen LogP contribution in [0.2, 0.25) is 0 Å². The number of hydrogen-bond acceptors (Lipinski definition) is 2. The number of unbranched alkanes of at least 4 members (excludes halogenated alkanes) is 6. The molecule has 0 saturated heterocycles. The molecule has 0 aliphatic rings. The SMILES string of the molecule is CCCCCCc1ccsc1-c1ccc2cc3cc(-c4sccc4CCCCCC)ccc3cc2c1. The Morgan fingerprint density at radius 2 is 0.944 bits per heavy atom. The Morgan fingerprint density at radius 3 is 1.39 bits per heavy atom. The lowest BCUT2D eigenvalue weighted by Crippen LogP contribution is -1.87. The van der Waals surface area contributed by atoms with Crippen LogP contribution in [0.25, 0.3) is 42.4 Å². The van der Waals surface area contributed by atoms with Crippen molar-refractivity contribution in [3.8, 4) is 20.9 Å². The molecule has 0 saturated carbocycles. The largest absolute Gasteiger partial charge is 0.144 e. The van der Waals surface area contributed by atoms with Gasteiger partial charge in [-0.3, -0.25) is 0 Å². The van der Waals surface area contributed by atoms with Crippen molar-refractivity contribution in [3.05, 3.63) is 82.6 Å². The molecule has 0 aliphatic heterocycles. The normalized spacial score (nSPS) is 11.6. The molecular weight excluding hydrogens is 473 g/mol. The van der Waals surface area contributed by atoms with Crippen LogP contribution in [-0.4, -0.2) is 0 Å². The first-order valence-electron chi connectivity index (χ1n) is 13.9. The monoisotopic (exact) mass is 510 g/mol. The topological polar surface area (TPSA) is 0 Å². The van der Waals surface area contributed by atoms with Gasteiger partial charge in [0.2, 0.25) is 0 Å². The van der Waals surface area contributed by atoms with Gasteiger partial charge >= 0.3 is 0 Å². The molecule has 2 heteroatoms. The first-order valence-corrected chi connectivity index (χ1v) is 15.6. The molecule has 0 spiro atoms. The van der Waals surface area contributed by atoms with E-state index in [1.807, 2.05) is 22.7 Å². The number of hydrogen-bond donors (Lipinski definition) is 0. The van der Waals surface area contributed by atoms with Gasteiger partial charge in [-0.05, 0) is 117 Å². The lowest BCUT2D eigenvalue weighted by Gasteiger charge is -2.09. The average molecular weight is 511 g/mol.